The lowest BCUT2D eigenvalue weighted by Crippen LogP contribution is -2.27. The van der Waals surface area contributed by atoms with Gasteiger partial charge in [-0.2, -0.15) is 0 Å². The van der Waals surface area contributed by atoms with Crippen molar-refractivity contribution in [2.45, 2.75) is 57.2 Å². The minimum atomic E-state index is -0.122. The number of anilines is 1. The number of hydrogen-bond acceptors (Lipinski definition) is 7. The minimum absolute atomic E-state index is 0.122. The zero-order valence-corrected chi connectivity index (χ0v) is 25.0. The Bertz CT molecular complexity index is 1490. The van der Waals surface area contributed by atoms with E-state index >= 15 is 0 Å². The van der Waals surface area contributed by atoms with Crippen molar-refractivity contribution in [3.8, 4) is 0 Å². The second kappa shape index (κ2) is 11.2. The van der Waals surface area contributed by atoms with Crippen LogP contribution < -0.4 is 5.32 Å². The summed E-state index contributed by atoms with van der Waals surface area (Å²) in [6, 6.07) is 13.3. The average molecular weight is 610 g/mol. The largest absolute Gasteiger partial charge is 0.447 e. The molecule has 196 valence electrons. The molecule has 1 aliphatic carbocycles. The molecule has 1 amide bonds. The molecule has 5 rings (SSSR count). The summed E-state index contributed by atoms with van der Waals surface area (Å²) in [7, 11) is 0. The number of benzene rings is 1. The zero-order valence-electron chi connectivity index (χ0n) is 21.7. The van der Waals surface area contributed by atoms with Gasteiger partial charge in [-0.05, 0) is 89.0 Å². The van der Waals surface area contributed by atoms with E-state index in [-0.39, 0.29) is 11.3 Å². The summed E-state index contributed by atoms with van der Waals surface area (Å²) in [5.41, 5.74) is 3.68. The molecule has 3 heterocycles. The molecule has 1 atom stereocenters. The number of fused-ring (bicyclic) bond motifs is 1. The van der Waals surface area contributed by atoms with Gasteiger partial charge < -0.3 is 9.73 Å². The van der Waals surface area contributed by atoms with Crippen LogP contribution in [-0.2, 0) is 12.8 Å². The maximum atomic E-state index is 13.5. The number of amides is 1. The smallest absolute Gasteiger partial charge is 0.259 e. The number of nitrogens with zero attached hydrogens (tertiary/aromatic N) is 3. The van der Waals surface area contributed by atoms with E-state index in [1.165, 1.54) is 16.6 Å². The van der Waals surface area contributed by atoms with Gasteiger partial charge in [-0.1, -0.05) is 39.0 Å². The molecule has 0 fully saturated rings. The van der Waals surface area contributed by atoms with Crippen LogP contribution in [0.4, 0.5) is 10.7 Å². The van der Waals surface area contributed by atoms with Crippen LogP contribution in [0.2, 0.25) is 0 Å². The molecule has 38 heavy (non-hydrogen) atoms. The standard InChI is InChI=1S/C29H29BrN4O2S2/c1-17-12-13-31-28(33-17)38-27-22(30)15-20(36-27)16-32-26-24(25(35)34-19-8-6-5-7-9-19)21-11-10-18(29(2,3)4)14-23(21)37-26/h5-9,12-13,15-16,18H,10-11,14H2,1-4H3,(H,34,35)/t18-/m0/s1. The van der Waals surface area contributed by atoms with Gasteiger partial charge >= 0.3 is 0 Å². The highest BCUT2D eigenvalue weighted by atomic mass is 79.9. The van der Waals surface area contributed by atoms with E-state index in [4.69, 9.17) is 9.41 Å². The van der Waals surface area contributed by atoms with Gasteiger partial charge in [0.15, 0.2) is 10.2 Å². The van der Waals surface area contributed by atoms with E-state index in [0.29, 0.717) is 32.5 Å². The molecule has 4 aromatic rings. The van der Waals surface area contributed by atoms with Gasteiger partial charge in [0.1, 0.15) is 10.8 Å². The highest BCUT2D eigenvalue weighted by Crippen LogP contribution is 2.45. The third-order valence-corrected chi connectivity index (χ3v) is 9.55. The van der Waals surface area contributed by atoms with Crippen LogP contribution in [0.1, 0.15) is 59.4 Å². The number of aliphatic imine (C=N–C) groups is 1. The molecule has 1 N–H and O–H groups in total. The number of rotatable bonds is 6. The Balaban J connectivity index is 1.44. The predicted molar refractivity (Wildman–Crippen MR) is 158 cm³/mol. The lowest BCUT2D eigenvalue weighted by Gasteiger charge is -2.33. The van der Waals surface area contributed by atoms with Gasteiger partial charge in [-0.25, -0.2) is 15.0 Å². The van der Waals surface area contributed by atoms with E-state index in [2.05, 4.69) is 52.0 Å². The summed E-state index contributed by atoms with van der Waals surface area (Å²) in [5.74, 6) is 1.03. The van der Waals surface area contributed by atoms with Crippen molar-refractivity contribution in [3.05, 3.63) is 80.6 Å². The second-order valence-electron chi connectivity index (χ2n) is 10.4. The van der Waals surface area contributed by atoms with Crippen LogP contribution >= 0.6 is 39.0 Å². The summed E-state index contributed by atoms with van der Waals surface area (Å²) in [6.07, 6.45) is 6.33. The van der Waals surface area contributed by atoms with Gasteiger partial charge in [-0.15, -0.1) is 11.3 Å². The Morgan fingerprint density at radius 2 is 2.05 bits per heavy atom. The Kier molecular flexibility index (Phi) is 7.88. The summed E-state index contributed by atoms with van der Waals surface area (Å²) >= 11 is 6.54. The first-order valence-corrected chi connectivity index (χ1v) is 14.9. The molecule has 0 unspecified atom stereocenters. The van der Waals surface area contributed by atoms with Crippen LogP contribution in [-0.4, -0.2) is 22.1 Å². The van der Waals surface area contributed by atoms with Crippen molar-refractivity contribution >= 4 is 61.8 Å². The minimum Gasteiger partial charge on any atom is -0.447 e. The van der Waals surface area contributed by atoms with Crippen LogP contribution in [0.3, 0.4) is 0 Å². The summed E-state index contributed by atoms with van der Waals surface area (Å²) in [4.78, 5) is 28.3. The number of aromatic nitrogens is 2. The molecule has 0 spiro atoms. The van der Waals surface area contributed by atoms with E-state index in [9.17, 15) is 4.79 Å². The topological polar surface area (TPSA) is 80.4 Å². The predicted octanol–water partition coefficient (Wildman–Crippen LogP) is 8.51. The van der Waals surface area contributed by atoms with Crippen LogP contribution in [0, 0.1) is 18.3 Å². The van der Waals surface area contributed by atoms with Crippen LogP contribution in [0.25, 0.3) is 0 Å². The average Bonchev–Trinajstić information content (AvgIpc) is 3.41. The Morgan fingerprint density at radius 3 is 2.79 bits per heavy atom. The van der Waals surface area contributed by atoms with E-state index < -0.39 is 0 Å². The summed E-state index contributed by atoms with van der Waals surface area (Å²) in [6.45, 7) is 8.82. The van der Waals surface area contributed by atoms with E-state index in [0.717, 1.165) is 40.7 Å². The normalized spacial score (nSPS) is 15.6. The highest BCUT2D eigenvalue weighted by Gasteiger charge is 2.33. The van der Waals surface area contributed by atoms with Gasteiger partial charge in [0.2, 0.25) is 0 Å². The molecular weight excluding hydrogens is 580 g/mol. The first kappa shape index (κ1) is 26.8. The quantitative estimate of drug-likeness (QED) is 0.175. The van der Waals surface area contributed by atoms with Crippen LogP contribution in [0.5, 0.6) is 0 Å². The fraction of sp³-hybridized carbons (Fsp3) is 0.310. The van der Waals surface area contributed by atoms with E-state index in [1.807, 2.05) is 49.4 Å². The van der Waals surface area contributed by atoms with Crippen molar-refractivity contribution in [2.24, 2.45) is 16.3 Å². The highest BCUT2D eigenvalue weighted by molar-refractivity contribution is 9.10. The van der Waals surface area contributed by atoms with E-state index in [1.54, 1.807) is 23.7 Å². The Morgan fingerprint density at radius 1 is 1.26 bits per heavy atom. The number of nitrogens with one attached hydrogen (secondary N) is 1. The van der Waals surface area contributed by atoms with Crippen molar-refractivity contribution in [2.75, 3.05) is 5.32 Å². The Hall–Kier alpha value is -2.75. The number of para-hydroxylation sites is 1. The molecule has 0 saturated heterocycles. The van der Waals surface area contributed by atoms with Gasteiger partial charge in [0, 0.05) is 28.5 Å². The molecule has 0 bridgehead atoms. The fourth-order valence-corrected chi connectivity index (χ4v) is 7.11. The fourth-order valence-electron chi connectivity index (χ4n) is 4.53. The number of thiophene rings is 1. The molecule has 6 nitrogen and oxygen atoms in total. The zero-order chi connectivity index (χ0) is 26.9. The van der Waals surface area contributed by atoms with Gasteiger partial charge in [0.25, 0.3) is 5.91 Å². The van der Waals surface area contributed by atoms with Crippen LogP contribution in [0.15, 0.2) is 72.8 Å². The van der Waals surface area contributed by atoms with Crippen molar-refractivity contribution < 1.29 is 9.21 Å². The molecule has 9 heteroatoms. The number of halogens is 1. The lowest BCUT2D eigenvalue weighted by molar-refractivity contribution is 0.102. The molecule has 1 aromatic carbocycles. The van der Waals surface area contributed by atoms with Gasteiger partial charge in [0.05, 0.1) is 16.3 Å². The van der Waals surface area contributed by atoms with Crippen molar-refractivity contribution in [1.82, 2.24) is 9.97 Å². The molecule has 1 aliphatic rings. The van der Waals surface area contributed by atoms with Crippen molar-refractivity contribution in [1.29, 1.82) is 0 Å². The third-order valence-electron chi connectivity index (χ3n) is 6.67. The molecule has 0 saturated carbocycles. The lowest BCUT2D eigenvalue weighted by atomic mass is 9.72. The first-order valence-electron chi connectivity index (χ1n) is 12.5. The number of carbonyl (C=O) groups is 1. The second-order valence-corrected chi connectivity index (χ2v) is 13.3. The number of aryl methyl sites for hydroxylation is 1. The molecule has 3 aromatic heterocycles. The maximum absolute atomic E-state index is 13.5. The number of furan rings is 1. The maximum Gasteiger partial charge on any atom is 0.259 e. The Labute approximate surface area is 239 Å². The molecular formula is C29H29BrN4O2S2. The summed E-state index contributed by atoms with van der Waals surface area (Å²) in [5, 5.41) is 5.04. The summed E-state index contributed by atoms with van der Waals surface area (Å²) < 4.78 is 6.83. The third kappa shape index (κ3) is 6.11. The SMILES string of the molecule is Cc1ccnc(Sc2oc(C=Nc3sc4c(c3C(=O)Nc3ccccc3)CC[C@H](C(C)(C)C)C4)cc2Br)n1. The first-order chi connectivity index (χ1) is 18.2. The number of carbonyl (C=O) groups excluding carboxylic acids is 1. The monoisotopic (exact) mass is 608 g/mol. The van der Waals surface area contributed by atoms with Gasteiger partial charge in [-0.3, -0.25) is 4.79 Å². The number of hydrogen-bond donors (Lipinski definition) is 1. The molecule has 0 aliphatic heterocycles. The van der Waals surface area contributed by atoms with Crippen molar-refractivity contribution in [3.63, 3.8) is 0 Å². The molecule has 0 radical (unpaired) electrons.